The van der Waals surface area contributed by atoms with Gasteiger partial charge in [0.15, 0.2) is 0 Å². The average molecular weight is 309 g/mol. The van der Waals surface area contributed by atoms with E-state index in [0.717, 1.165) is 41.9 Å². The zero-order valence-corrected chi connectivity index (χ0v) is 13.3. The normalized spacial score (nSPS) is 15.1. The van der Waals surface area contributed by atoms with E-state index >= 15 is 0 Å². The van der Waals surface area contributed by atoms with Gasteiger partial charge in [0.2, 0.25) is 0 Å². The third-order valence-electron chi connectivity index (χ3n) is 4.09. The van der Waals surface area contributed by atoms with E-state index in [9.17, 15) is 4.79 Å². The van der Waals surface area contributed by atoms with E-state index in [1.807, 2.05) is 43.3 Å². The summed E-state index contributed by atoms with van der Waals surface area (Å²) in [5, 5.41) is 4.12. The molecular formula is C19H19NO3. The van der Waals surface area contributed by atoms with Crippen LogP contribution in [0.2, 0.25) is 0 Å². The second kappa shape index (κ2) is 6.65. The van der Waals surface area contributed by atoms with Gasteiger partial charge in [-0.15, -0.1) is 0 Å². The van der Waals surface area contributed by atoms with Gasteiger partial charge in [-0.2, -0.15) is 0 Å². The van der Waals surface area contributed by atoms with Crippen LogP contribution >= 0.6 is 0 Å². The van der Waals surface area contributed by atoms with Gasteiger partial charge in [0.1, 0.15) is 5.75 Å². The molecule has 0 saturated carbocycles. The van der Waals surface area contributed by atoms with E-state index in [0.29, 0.717) is 5.56 Å². The van der Waals surface area contributed by atoms with Crippen LogP contribution in [0.1, 0.15) is 39.9 Å². The summed E-state index contributed by atoms with van der Waals surface area (Å²) in [6.45, 7) is 1.88. The van der Waals surface area contributed by atoms with Crippen molar-refractivity contribution < 1.29 is 14.4 Å². The lowest BCUT2D eigenvalue weighted by molar-refractivity contribution is 0.0514. The molecule has 1 aliphatic carbocycles. The van der Waals surface area contributed by atoms with E-state index in [1.54, 1.807) is 13.2 Å². The first-order valence-electron chi connectivity index (χ1n) is 7.70. The van der Waals surface area contributed by atoms with Crippen molar-refractivity contribution in [1.82, 2.24) is 0 Å². The second-order valence-electron chi connectivity index (χ2n) is 5.61. The fourth-order valence-corrected chi connectivity index (χ4v) is 2.81. The predicted octanol–water partition coefficient (Wildman–Crippen LogP) is 3.90. The van der Waals surface area contributed by atoms with Crippen LogP contribution in [0.4, 0.5) is 0 Å². The van der Waals surface area contributed by atoms with E-state index in [2.05, 4.69) is 5.16 Å². The molecule has 1 aliphatic rings. The molecular weight excluding hydrogens is 290 g/mol. The van der Waals surface area contributed by atoms with Crippen LogP contribution in [-0.4, -0.2) is 18.8 Å². The smallest absolute Gasteiger partial charge is 0.366 e. The number of ether oxygens (including phenoxy) is 1. The van der Waals surface area contributed by atoms with Crippen molar-refractivity contribution in [3.8, 4) is 5.75 Å². The minimum absolute atomic E-state index is 0.420. The number of aryl methyl sites for hydroxylation is 2. The molecule has 4 heteroatoms. The lowest BCUT2D eigenvalue weighted by Crippen LogP contribution is -2.14. The van der Waals surface area contributed by atoms with Gasteiger partial charge in [0.05, 0.1) is 18.4 Å². The molecule has 0 radical (unpaired) electrons. The van der Waals surface area contributed by atoms with Crippen LogP contribution in [0.5, 0.6) is 5.75 Å². The molecule has 0 aromatic heterocycles. The van der Waals surface area contributed by atoms with Crippen molar-refractivity contribution in [3.05, 3.63) is 64.7 Å². The van der Waals surface area contributed by atoms with Gasteiger partial charge >= 0.3 is 5.97 Å². The molecule has 2 aromatic carbocycles. The lowest BCUT2D eigenvalue weighted by atomic mass is 9.90. The number of oxime groups is 1. The van der Waals surface area contributed by atoms with Gasteiger partial charge in [-0.25, -0.2) is 4.79 Å². The number of benzene rings is 2. The molecule has 0 heterocycles. The van der Waals surface area contributed by atoms with Crippen molar-refractivity contribution in [2.75, 3.05) is 7.11 Å². The molecule has 4 nitrogen and oxygen atoms in total. The van der Waals surface area contributed by atoms with Crippen molar-refractivity contribution in [3.63, 3.8) is 0 Å². The number of rotatable bonds is 3. The summed E-state index contributed by atoms with van der Waals surface area (Å²) in [5.74, 6) is 0.415. The standard InChI is InChI=1S/C19H19NO3/c1-13-6-3-4-8-16(13)19(21)23-20-18-9-5-7-14-12-15(22-2)10-11-17(14)18/h3-4,6,8,10-12H,5,7,9H2,1-2H3/b20-18+. The summed E-state index contributed by atoms with van der Waals surface area (Å²) in [6, 6.07) is 13.2. The Bertz CT molecular complexity index is 765. The largest absolute Gasteiger partial charge is 0.497 e. The van der Waals surface area contributed by atoms with Crippen molar-refractivity contribution in [1.29, 1.82) is 0 Å². The Morgan fingerprint density at radius 2 is 1.96 bits per heavy atom. The number of fused-ring (bicyclic) bond motifs is 1. The molecule has 0 aliphatic heterocycles. The minimum atomic E-state index is -0.420. The molecule has 3 rings (SSSR count). The molecule has 118 valence electrons. The SMILES string of the molecule is COc1ccc2c(c1)CCC/C2=N\OC(=O)c1ccccc1C. The first-order valence-corrected chi connectivity index (χ1v) is 7.70. The third-order valence-corrected chi connectivity index (χ3v) is 4.09. The quantitative estimate of drug-likeness (QED) is 0.638. The van der Waals surface area contributed by atoms with E-state index < -0.39 is 5.97 Å². The Balaban J connectivity index is 1.82. The topological polar surface area (TPSA) is 47.9 Å². The molecule has 0 saturated heterocycles. The number of methoxy groups -OCH3 is 1. The number of carbonyl (C=O) groups is 1. The van der Waals surface area contributed by atoms with Crippen LogP contribution in [0.25, 0.3) is 0 Å². The predicted molar refractivity (Wildman–Crippen MR) is 89.1 cm³/mol. The highest BCUT2D eigenvalue weighted by atomic mass is 16.7. The Morgan fingerprint density at radius 1 is 1.13 bits per heavy atom. The summed E-state index contributed by atoms with van der Waals surface area (Å²) >= 11 is 0. The minimum Gasteiger partial charge on any atom is -0.497 e. The van der Waals surface area contributed by atoms with Gasteiger partial charge in [0.25, 0.3) is 0 Å². The Morgan fingerprint density at radius 3 is 2.74 bits per heavy atom. The Kier molecular flexibility index (Phi) is 4.42. The summed E-state index contributed by atoms with van der Waals surface area (Å²) < 4.78 is 5.26. The van der Waals surface area contributed by atoms with Gasteiger partial charge in [-0.1, -0.05) is 23.4 Å². The second-order valence-corrected chi connectivity index (χ2v) is 5.61. The maximum atomic E-state index is 12.2. The van der Waals surface area contributed by atoms with Gasteiger partial charge in [-0.3, -0.25) is 0 Å². The van der Waals surface area contributed by atoms with Crippen LogP contribution in [-0.2, 0) is 11.3 Å². The zero-order valence-electron chi connectivity index (χ0n) is 13.3. The highest BCUT2D eigenvalue weighted by molar-refractivity contribution is 6.03. The molecule has 0 spiro atoms. The maximum Gasteiger partial charge on any atom is 0.366 e. The molecule has 0 fully saturated rings. The highest BCUT2D eigenvalue weighted by Gasteiger charge is 2.18. The van der Waals surface area contributed by atoms with Gasteiger partial charge in [-0.05, 0) is 61.6 Å². The zero-order chi connectivity index (χ0) is 16.2. The monoisotopic (exact) mass is 309 g/mol. The van der Waals surface area contributed by atoms with Crippen LogP contribution in [0.15, 0.2) is 47.6 Å². The average Bonchev–Trinajstić information content (AvgIpc) is 2.59. The molecule has 0 atom stereocenters. The number of hydrogen-bond acceptors (Lipinski definition) is 4. The van der Waals surface area contributed by atoms with Crippen LogP contribution in [0.3, 0.4) is 0 Å². The molecule has 2 aromatic rings. The molecule has 0 bridgehead atoms. The summed E-state index contributed by atoms with van der Waals surface area (Å²) in [5.41, 5.74) is 4.46. The van der Waals surface area contributed by atoms with Crippen molar-refractivity contribution >= 4 is 11.7 Å². The number of hydrogen-bond donors (Lipinski definition) is 0. The summed E-state index contributed by atoms with van der Waals surface area (Å²) in [7, 11) is 1.66. The van der Waals surface area contributed by atoms with E-state index in [4.69, 9.17) is 9.57 Å². The number of carbonyl (C=O) groups excluding carboxylic acids is 1. The van der Waals surface area contributed by atoms with Crippen LogP contribution < -0.4 is 4.74 Å². The molecule has 0 amide bonds. The van der Waals surface area contributed by atoms with Crippen molar-refractivity contribution in [2.45, 2.75) is 26.2 Å². The van der Waals surface area contributed by atoms with Gasteiger partial charge in [0, 0.05) is 5.56 Å². The summed E-state index contributed by atoms with van der Waals surface area (Å²) in [4.78, 5) is 17.4. The molecule has 0 N–H and O–H groups in total. The van der Waals surface area contributed by atoms with Crippen LogP contribution in [0, 0.1) is 6.92 Å². The maximum absolute atomic E-state index is 12.2. The Labute approximate surface area is 135 Å². The Hall–Kier alpha value is -2.62. The number of nitrogens with zero attached hydrogens (tertiary/aromatic N) is 1. The molecule has 23 heavy (non-hydrogen) atoms. The first-order chi connectivity index (χ1) is 11.2. The highest BCUT2D eigenvalue weighted by Crippen LogP contribution is 2.26. The van der Waals surface area contributed by atoms with Crippen molar-refractivity contribution in [2.24, 2.45) is 5.16 Å². The summed E-state index contributed by atoms with van der Waals surface area (Å²) in [6.07, 6.45) is 2.78. The third kappa shape index (κ3) is 3.26. The van der Waals surface area contributed by atoms with Gasteiger partial charge < -0.3 is 9.57 Å². The fraction of sp³-hybridized carbons (Fsp3) is 0.263. The van der Waals surface area contributed by atoms with E-state index in [-0.39, 0.29) is 0 Å². The lowest BCUT2D eigenvalue weighted by Gasteiger charge is -2.18. The first kappa shape index (κ1) is 15.3. The molecule has 0 unspecified atom stereocenters. The fourth-order valence-electron chi connectivity index (χ4n) is 2.81. The van der Waals surface area contributed by atoms with E-state index in [1.165, 1.54) is 5.56 Å².